The molecule has 0 heterocycles. The molecule has 0 spiro atoms. The van der Waals surface area contributed by atoms with E-state index in [1.54, 1.807) is 0 Å². The Kier molecular flexibility index (Phi) is 3.35. The molecule has 0 amide bonds. The third-order valence-corrected chi connectivity index (χ3v) is 0.611. The van der Waals surface area contributed by atoms with Crippen molar-refractivity contribution in [2.24, 2.45) is 0 Å². The first-order valence-corrected chi connectivity index (χ1v) is 1.90. The van der Waals surface area contributed by atoms with Crippen LogP contribution in [0.2, 0.25) is 0 Å². The third kappa shape index (κ3) is 2.18. The van der Waals surface area contributed by atoms with Gasteiger partial charge in [0.2, 0.25) is 0 Å². The zero-order valence-corrected chi connectivity index (χ0v) is 4.15. The molecule has 0 saturated heterocycles. The van der Waals surface area contributed by atoms with Crippen molar-refractivity contribution in [1.82, 2.24) is 0 Å². The normalized spacial score (nSPS) is 12.7. The lowest BCUT2D eigenvalue weighted by Crippen LogP contribution is -2.08. The number of methoxy groups -OCH3 is 1. The van der Waals surface area contributed by atoms with Crippen LogP contribution in [0.4, 0.5) is 4.39 Å². The fourth-order valence-corrected chi connectivity index (χ4v) is 0.176. The van der Waals surface area contributed by atoms with Gasteiger partial charge >= 0.3 is 0 Å². The average molecular weight is 102 g/mol. The molecule has 0 aliphatic rings. The maximum Gasteiger partial charge on any atom is 0.145 e. The van der Waals surface area contributed by atoms with Crippen molar-refractivity contribution in [1.29, 1.82) is 0 Å². The maximum atomic E-state index is 11.4. The lowest BCUT2D eigenvalue weighted by molar-refractivity contribution is 0.123. The van der Waals surface area contributed by atoms with Gasteiger partial charge in [0.1, 0.15) is 12.8 Å². The molecule has 7 heavy (non-hydrogen) atoms. The van der Waals surface area contributed by atoms with Crippen molar-refractivity contribution in [2.75, 3.05) is 13.8 Å². The lowest BCUT2D eigenvalue weighted by Gasteiger charge is -1.98. The van der Waals surface area contributed by atoms with Crippen LogP contribution in [-0.2, 0) is 4.74 Å². The van der Waals surface area contributed by atoms with Crippen molar-refractivity contribution in [3.63, 3.8) is 0 Å². The summed E-state index contributed by atoms with van der Waals surface area (Å²) in [5.41, 5.74) is 0. The number of terminal acetylenes is 1. The van der Waals surface area contributed by atoms with E-state index in [9.17, 15) is 4.39 Å². The van der Waals surface area contributed by atoms with E-state index < -0.39 is 12.8 Å². The van der Waals surface area contributed by atoms with Gasteiger partial charge in [0.25, 0.3) is 0 Å². The van der Waals surface area contributed by atoms with E-state index in [1.807, 2.05) is 0 Å². The summed E-state index contributed by atoms with van der Waals surface area (Å²) >= 11 is 0. The number of alkyl halides is 1. The van der Waals surface area contributed by atoms with E-state index in [2.05, 4.69) is 10.7 Å². The molecule has 0 saturated carbocycles. The summed E-state index contributed by atoms with van der Waals surface area (Å²) in [4.78, 5) is 0. The smallest absolute Gasteiger partial charge is 0.145 e. The molecule has 0 fully saturated rings. The number of hydrogen-bond acceptors (Lipinski definition) is 1. The molecule has 0 aliphatic heterocycles. The molecule has 1 atom stereocenters. The van der Waals surface area contributed by atoms with E-state index in [0.717, 1.165) is 0 Å². The van der Waals surface area contributed by atoms with Gasteiger partial charge in [-0.2, -0.15) is 0 Å². The summed E-state index contributed by atoms with van der Waals surface area (Å²) in [5.74, 6) is 2.10. The number of ether oxygens (including phenoxy) is 1. The third-order valence-electron chi connectivity index (χ3n) is 0.611. The van der Waals surface area contributed by atoms with E-state index in [4.69, 9.17) is 6.42 Å². The fraction of sp³-hybridized carbons (Fsp3) is 0.600. The molecule has 0 aromatic carbocycles. The summed E-state index contributed by atoms with van der Waals surface area (Å²) in [6, 6.07) is 0. The van der Waals surface area contributed by atoms with Crippen molar-refractivity contribution in [3.05, 3.63) is 0 Å². The van der Waals surface area contributed by atoms with Crippen LogP contribution in [-0.4, -0.2) is 19.9 Å². The lowest BCUT2D eigenvalue weighted by atomic mass is 10.4. The van der Waals surface area contributed by atoms with Gasteiger partial charge in [-0.15, -0.1) is 6.42 Å². The Bertz CT molecular complexity index is 70.6. The van der Waals surface area contributed by atoms with Crippen LogP contribution in [0.15, 0.2) is 0 Å². The molecule has 1 unspecified atom stereocenters. The molecule has 0 aromatic rings. The molecule has 1 nitrogen and oxygen atoms in total. The van der Waals surface area contributed by atoms with Gasteiger partial charge in [0.15, 0.2) is 0 Å². The fourth-order valence-electron chi connectivity index (χ4n) is 0.176. The minimum absolute atomic E-state index is 0.604. The minimum atomic E-state index is -0.653. The van der Waals surface area contributed by atoms with E-state index in [-0.39, 0.29) is 0 Å². The van der Waals surface area contributed by atoms with Gasteiger partial charge in [0.05, 0.1) is 0 Å². The highest BCUT2D eigenvalue weighted by Gasteiger charge is 1.96. The second kappa shape index (κ2) is 3.63. The summed E-state index contributed by atoms with van der Waals surface area (Å²) in [7, 11) is 1.38. The van der Waals surface area contributed by atoms with Crippen LogP contribution in [0, 0.1) is 12.3 Å². The minimum Gasteiger partial charge on any atom is -0.366 e. The largest absolute Gasteiger partial charge is 0.366 e. The van der Waals surface area contributed by atoms with E-state index in [1.165, 1.54) is 7.11 Å². The number of halogens is 1. The molecule has 40 valence electrons. The SMILES string of the molecule is C#CC(CF)OC. The summed E-state index contributed by atoms with van der Waals surface area (Å²) in [5, 5.41) is 0. The monoisotopic (exact) mass is 102 g/mol. The zero-order valence-electron chi connectivity index (χ0n) is 4.15. The van der Waals surface area contributed by atoms with E-state index >= 15 is 0 Å². The Balaban J connectivity index is 3.23. The van der Waals surface area contributed by atoms with Crippen LogP contribution in [0.25, 0.3) is 0 Å². The van der Waals surface area contributed by atoms with Crippen LogP contribution in [0.1, 0.15) is 0 Å². The van der Waals surface area contributed by atoms with Gasteiger partial charge in [0, 0.05) is 7.11 Å². The van der Waals surface area contributed by atoms with Gasteiger partial charge in [-0.25, -0.2) is 4.39 Å². The van der Waals surface area contributed by atoms with E-state index in [0.29, 0.717) is 0 Å². The van der Waals surface area contributed by atoms with Crippen LogP contribution in [0.5, 0.6) is 0 Å². The Morgan fingerprint density at radius 1 is 2.00 bits per heavy atom. The maximum absolute atomic E-state index is 11.4. The standard InChI is InChI=1S/C5H7FO/c1-3-5(4-6)7-2/h1,5H,4H2,2H3. The number of hydrogen-bond donors (Lipinski definition) is 0. The first-order chi connectivity index (χ1) is 3.35. The summed E-state index contributed by atoms with van der Waals surface area (Å²) in [6.45, 7) is -0.604. The Labute approximate surface area is 42.5 Å². The second-order valence-electron chi connectivity index (χ2n) is 1.05. The summed E-state index contributed by atoms with van der Waals surface area (Å²) in [6.07, 6.45) is 4.13. The van der Waals surface area contributed by atoms with Gasteiger partial charge in [-0.05, 0) is 0 Å². The molecular formula is C5H7FO. The second-order valence-corrected chi connectivity index (χ2v) is 1.05. The predicted molar refractivity (Wildman–Crippen MR) is 25.6 cm³/mol. The van der Waals surface area contributed by atoms with Gasteiger partial charge in [-0.1, -0.05) is 5.92 Å². The van der Waals surface area contributed by atoms with Crippen molar-refractivity contribution in [3.8, 4) is 12.3 Å². The topological polar surface area (TPSA) is 9.23 Å². The van der Waals surface area contributed by atoms with Crippen LogP contribution < -0.4 is 0 Å². The molecule has 0 aromatic heterocycles. The Morgan fingerprint density at radius 2 is 2.57 bits per heavy atom. The Morgan fingerprint density at radius 3 is 2.57 bits per heavy atom. The molecule has 0 radical (unpaired) electrons. The molecule has 2 heteroatoms. The highest BCUT2D eigenvalue weighted by molar-refractivity contribution is 4.93. The summed E-state index contributed by atoms with van der Waals surface area (Å²) < 4.78 is 15.8. The first-order valence-electron chi connectivity index (χ1n) is 1.90. The number of rotatable bonds is 2. The van der Waals surface area contributed by atoms with Crippen LogP contribution in [0.3, 0.4) is 0 Å². The highest BCUT2D eigenvalue weighted by atomic mass is 19.1. The Hall–Kier alpha value is -0.550. The van der Waals surface area contributed by atoms with Crippen molar-refractivity contribution in [2.45, 2.75) is 6.10 Å². The van der Waals surface area contributed by atoms with Gasteiger partial charge in [-0.3, -0.25) is 0 Å². The highest BCUT2D eigenvalue weighted by Crippen LogP contribution is 1.85. The first kappa shape index (κ1) is 6.45. The van der Waals surface area contributed by atoms with Gasteiger partial charge < -0.3 is 4.74 Å². The molecule has 0 aliphatic carbocycles. The molecule has 0 N–H and O–H groups in total. The predicted octanol–water partition coefficient (Wildman–Crippen LogP) is 0.604. The molecule has 0 rings (SSSR count). The quantitative estimate of drug-likeness (QED) is 0.464. The average Bonchev–Trinajstić information content (AvgIpc) is 1.72. The molecule has 0 bridgehead atoms. The van der Waals surface area contributed by atoms with Crippen LogP contribution >= 0.6 is 0 Å². The van der Waals surface area contributed by atoms with Crippen molar-refractivity contribution < 1.29 is 9.13 Å². The molecular weight excluding hydrogens is 95.1 g/mol. The van der Waals surface area contributed by atoms with Crippen molar-refractivity contribution >= 4 is 0 Å². The zero-order chi connectivity index (χ0) is 5.70.